The molecule has 4 rings (SSSR count). The minimum absolute atomic E-state index is 0.113. The summed E-state index contributed by atoms with van der Waals surface area (Å²) < 4.78 is 15.3. The molecule has 0 spiro atoms. The fourth-order valence-electron chi connectivity index (χ4n) is 3.73. The van der Waals surface area contributed by atoms with Crippen LogP contribution in [0.4, 0.5) is 4.39 Å². The maximum atomic E-state index is 13.2. The number of thioether (sulfide) groups is 1. The number of aromatic nitrogens is 1. The zero-order chi connectivity index (χ0) is 18.6. The number of carbonyl (C=O) groups is 1. The Morgan fingerprint density at radius 1 is 1.11 bits per heavy atom. The van der Waals surface area contributed by atoms with Crippen LogP contribution in [0.15, 0.2) is 59.6 Å². The molecule has 0 aliphatic heterocycles. The molecule has 140 valence electrons. The molecule has 0 bridgehead atoms. The summed E-state index contributed by atoms with van der Waals surface area (Å²) in [6.07, 6.45) is 6.74. The highest BCUT2D eigenvalue weighted by atomic mass is 32.2. The molecule has 0 unspecified atom stereocenters. The first-order valence-electron chi connectivity index (χ1n) is 9.43. The molecule has 0 saturated heterocycles. The Labute approximate surface area is 163 Å². The Morgan fingerprint density at radius 2 is 1.85 bits per heavy atom. The number of benzene rings is 2. The molecule has 1 heterocycles. The van der Waals surface area contributed by atoms with Crippen molar-refractivity contribution in [3.8, 4) is 0 Å². The molecule has 1 saturated carbocycles. The van der Waals surface area contributed by atoms with Crippen LogP contribution in [0.5, 0.6) is 0 Å². The number of amides is 1. The van der Waals surface area contributed by atoms with Crippen molar-refractivity contribution >= 4 is 28.6 Å². The quantitative estimate of drug-likeness (QED) is 0.610. The second kappa shape index (κ2) is 8.17. The maximum absolute atomic E-state index is 13.2. The van der Waals surface area contributed by atoms with Crippen molar-refractivity contribution in [3.05, 3.63) is 66.1 Å². The van der Waals surface area contributed by atoms with E-state index < -0.39 is 0 Å². The normalized spacial score (nSPS) is 14.7. The molecular formula is C22H23FN2OS. The molecule has 1 aliphatic carbocycles. The molecule has 1 amide bonds. The monoisotopic (exact) mass is 382 g/mol. The van der Waals surface area contributed by atoms with Crippen LogP contribution in [-0.2, 0) is 11.3 Å². The van der Waals surface area contributed by atoms with Gasteiger partial charge in [-0.3, -0.25) is 4.79 Å². The van der Waals surface area contributed by atoms with Gasteiger partial charge >= 0.3 is 0 Å². The molecule has 1 N–H and O–H groups in total. The van der Waals surface area contributed by atoms with E-state index in [1.165, 1.54) is 25.0 Å². The zero-order valence-electron chi connectivity index (χ0n) is 15.2. The summed E-state index contributed by atoms with van der Waals surface area (Å²) in [4.78, 5) is 13.4. The van der Waals surface area contributed by atoms with Crippen LogP contribution in [0, 0.1) is 5.82 Å². The van der Waals surface area contributed by atoms with Gasteiger partial charge in [-0.2, -0.15) is 0 Å². The number of fused-ring (bicyclic) bond motifs is 1. The molecule has 0 radical (unpaired) electrons. The first-order valence-corrected chi connectivity index (χ1v) is 10.4. The van der Waals surface area contributed by atoms with Gasteiger partial charge in [-0.1, -0.05) is 43.2 Å². The summed E-state index contributed by atoms with van der Waals surface area (Å²) in [7, 11) is 0. The lowest BCUT2D eigenvalue weighted by Crippen LogP contribution is -2.33. The fourth-order valence-corrected chi connectivity index (χ4v) is 4.63. The third kappa shape index (κ3) is 4.35. The Bertz CT molecular complexity index is 929. The number of halogens is 1. The van der Waals surface area contributed by atoms with E-state index >= 15 is 0 Å². The van der Waals surface area contributed by atoms with E-state index in [2.05, 4.69) is 28.2 Å². The highest BCUT2D eigenvalue weighted by Gasteiger charge is 2.17. The van der Waals surface area contributed by atoms with Crippen LogP contribution < -0.4 is 5.32 Å². The van der Waals surface area contributed by atoms with Gasteiger partial charge in [0, 0.05) is 34.6 Å². The van der Waals surface area contributed by atoms with Gasteiger partial charge in [0.2, 0.25) is 5.91 Å². The van der Waals surface area contributed by atoms with Crippen molar-refractivity contribution in [2.24, 2.45) is 0 Å². The largest absolute Gasteiger partial charge is 0.353 e. The lowest BCUT2D eigenvalue weighted by molar-refractivity contribution is -0.119. The lowest BCUT2D eigenvalue weighted by atomic mass is 10.2. The number of para-hydroxylation sites is 1. The van der Waals surface area contributed by atoms with Crippen molar-refractivity contribution in [3.63, 3.8) is 0 Å². The molecule has 27 heavy (non-hydrogen) atoms. The standard InChI is InChI=1S/C22H23FN2OS/c23-17-11-9-16(10-12-17)13-25-14-21(19-7-3-4-8-20(19)25)27-15-22(26)24-18-5-1-2-6-18/h3-4,7-12,14,18H,1-2,5-6,13,15H2,(H,24,26). The predicted molar refractivity (Wildman–Crippen MR) is 109 cm³/mol. The van der Waals surface area contributed by atoms with Crippen LogP contribution in [-0.4, -0.2) is 22.3 Å². The molecule has 1 aromatic heterocycles. The molecule has 1 aliphatic rings. The van der Waals surface area contributed by atoms with Crippen molar-refractivity contribution in [2.75, 3.05) is 5.75 Å². The van der Waals surface area contributed by atoms with E-state index in [0.29, 0.717) is 18.3 Å². The van der Waals surface area contributed by atoms with Gasteiger partial charge in [-0.05, 0) is 36.6 Å². The highest BCUT2D eigenvalue weighted by molar-refractivity contribution is 8.00. The van der Waals surface area contributed by atoms with Gasteiger partial charge in [-0.15, -0.1) is 11.8 Å². The summed E-state index contributed by atoms with van der Waals surface area (Å²) in [6, 6.07) is 15.2. The average Bonchev–Trinajstić information content (AvgIpc) is 3.30. The van der Waals surface area contributed by atoms with Crippen molar-refractivity contribution < 1.29 is 9.18 Å². The zero-order valence-corrected chi connectivity index (χ0v) is 16.0. The number of carbonyl (C=O) groups excluding carboxylic acids is 1. The van der Waals surface area contributed by atoms with Gasteiger partial charge in [0.1, 0.15) is 5.82 Å². The van der Waals surface area contributed by atoms with Gasteiger partial charge < -0.3 is 9.88 Å². The smallest absolute Gasteiger partial charge is 0.230 e. The summed E-state index contributed by atoms with van der Waals surface area (Å²) in [6.45, 7) is 0.676. The predicted octanol–water partition coefficient (Wildman–Crippen LogP) is 4.98. The summed E-state index contributed by atoms with van der Waals surface area (Å²) in [5, 5.41) is 4.30. The molecule has 5 heteroatoms. The minimum atomic E-state index is -0.222. The van der Waals surface area contributed by atoms with E-state index in [0.717, 1.165) is 34.2 Å². The molecule has 3 aromatic rings. The third-order valence-corrected chi connectivity index (χ3v) is 6.14. The summed E-state index contributed by atoms with van der Waals surface area (Å²) in [5.41, 5.74) is 2.17. The average molecular weight is 383 g/mol. The van der Waals surface area contributed by atoms with Gasteiger partial charge in [0.15, 0.2) is 0 Å². The van der Waals surface area contributed by atoms with Crippen molar-refractivity contribution in [1.82, 2.24) is 9.88 Å². The van der Waals surface area contributed by atoms with Crippen LogP contribution in [0.1, 0.15) is 31.2 Å². The van der Waals surface area contributed by atoms with E-state index in [1.807, 2.05) is 24.3 Å². The van der Waals surface area contributed by atoms with Gasteiger partial charge in [-0.25, -0.2) is 4.39 Å². The van der Waals surface area contributed by atoms with Crippen LogP contribution >= 0.6 is 11.8 Å². The Balaban J connectivity index is 1.49. The van der Waals surface area contributed by atoms with E-state index in [-0.39, 0.29) is 11.7 Å². The highest BCUT2D eigenvalue weighted by Crippen LogP contribution is 2.30. The van der Waals surface area contributed by atoms with Crippen molar-refractivity contribution in [2.45, 2.75) is 43.2 Å². The Hall–Kier alpha value is -2.27. The molecule has 1 fully saturated rings. The molecular weight excluding hydrogens is 359 g/mol. The number of hydrogen-bond acceptors (Lipinski definition) is 2. The number of nitrogens with one attached hydrogen (secondary N) is 1. The van der Waals surface area contributed by atoms with Gasteiger partial charge in [0.05, 0.1) is 5.75 Å². The summed E-state index contributed by atoms with van der Waals surface area (Å²) >= 11 is 1.58. The minimum Gasteiger partial charge on any atom is -0.353 e. The van der Waals surface area contributed by atoms with E-state index in [1.54, 1.807) is 11.8 Å². The summed E-state index contributed by atoms with van der Waals surface area (Å²) in [5.74, 6) is 0.323. The second-order valence-electron chi connectivity index (χ2n) is 7.10. The van der Waals surface area contributed by atoms with E-state index in [9.17, 15) is 9.18 Å². The maximum Gasteiger partial charge on any atom is 0.230 e. The second-order valence-corrected chi connectivity index (χ2v) is 8.12. The first kappa shape index (κ1) is 18.1. The molecule has 2 aromatic carbocycles. The first-order chi connectivity index (χ1) is 13.2. The lowest BCUT2D eigenvalue weighted by Gasteiger charge is -2.11. The van der Waals surface area contributed by atoms with Crippen LogP contribution in [0.2, 0.25) is 0 Å². The Morgan fingerprint density at radius 3 is 2.63 bits per heavy atom. The fraction of sp³-hybridized carbons (Fsp3) is 0.318. The van der Waals surface area contributed by atoms with Gasteiger partial charge in [0.25, 0.3) is 0 Å². The van der Waals surface area contributed by atoms with Crippen LogP contribution in [0.25, 0.3) is 10.9 Å². The van der Waals surface area contributed by atoms with E-state index in [4.69, 9.17) is 0 Å². The SMILES string of the molecule is O=C(CSc1cn(Cc2ccc(F)cc2)c2ccccc12)NC1CCCC1. The number of rotatable bonds is 6. The van der Waals surface area contributed by atoms with Crippen molar-refractivity contribution in [1.29, 1.82) is 0 Å². The molecule has 3 nitrogen and oxygen atoms in total. The topological polar surface area (TPSA) is 34.0 Å². The number of nitrogens with zero attached hydrogens (tertiary/aromatic N) is 1. The number of hydrogen-bond donors (Lipinski definition) is 1. The Kier molecular flexibility index (Phi) is 5.48. The van der Waals surface area contributed by atoms with Crippen LogP contribution in [0.3, 0.4) is 0 Å². The third-order valence-electron chi connectivity index (χ3n) is 5.10. The molecule has 0 atom stereocenters.